The molecule has 2 aromatic rings. The number of anilines is 1. The van der Waals surface area contributed by atoms with Gasteiger partial charge >= 0.3 is 0 Å². The van der Waals surface area contributed by atoms with Crippen LogP contribution >= 0.6 is 11.6 Å². The van der Waals surface area contributed by atoms with E-state index in [9.17, 15) is 26.4 Å². The molecule has 0 saturated carbocycles. The number of likely N-dealkylation sites (N-methyl/N-ethyl adjacent to an activating group) is 1. The van der Waals surface area contributed by atoms with E-state index in [4.69, 9.17) is 16.3 Å². The zero-order valence-electron chi connectivity index (χ0n) is 14.1. The van der Waals surface area contributed by atoms with Gasteiger partial charge in [0.25, 0.3) is 0 Å². The monoisotopic (exact) mass is 422 g/mol. The summed E-state index contributed by atoms with van der Waals surface area (Å²) < 4.78 is 70.7. The lowest BCUT2D eigenvalue weighted by atomic mass is 10.3. The van der Waals surface area contributed by atoms with Crippen LogP contribution in [0.1, 0.15) is 0 Å². The highest BCUT2D eigenvalue weighted by Crippen LogP contribution is 2.29. The zero-order valence-corrected chi connectivity index (χ0v) is 15.7. The van der Waals surface area contributed by atoms with Gasteiger partial charge in [-0.1, -0.05) is 11.6 Å². The second-order valence-corrected chi connectivity index (χ2v) is 7.78. The molecule has 2 aromatic carbocycles. The number of rotatable bonds is 6. The first kappa shape index (κ1) is 21.0. The molecule has 0 heterocycles. The lowest BCUT2D eigenvalue weighted by molar-refractivity contribution is -0.116. The second kappa shape index (κ2) is 8.15. The van der Waals surface area contributed by atoms with Gasteiger partial charge in [-0.15, -0.1) is 0 Å². The number of halogens is 4. The summed E-state index contributed by atoms with van der Waals surface area (Å²) in [6, 6.07) is 5.38. The summed E-state index contributed by atoms with van der Waals surface area (Å²) in [6.45, 7) is -0.726. The number of ether oxygens (including phenoxy) is 1. The summed E-state index contributed by atoms with van der Waals surface area (Å²) in [7, 11) is -1.81. The van der Waals surface area contributed by atoms with Gasteiger partial charge < -0.3 is 10.1 Å². The number of benzene rings is 2. The van der Waals surface area contributed by atoms with Gasteiger partial charge in [-0.25, -0.2) is 21.6 Å². The number of carbonyl (C=O) groups is 1. The Morgan fingerprint density at radius 3 is 2.48 bits per heavy atom. The van der Waals surface area contributed by atoms with Gasteiger partial charge in [-0.2, -0.15) is 4.31 Å². The molecule has 1 amide bonds. The van der Waals surface area contributed by atoms with E-state index in [-0.39, 0.29) is 15.7 Å². The fourth-order valence-corrected chi connectivity index (χ4v) is 3.66. The Morgan fingerprint density at radius 1 is 1.19 bits per heavy atom. The minimum absolute atomic E-state index is 0.0123. The summed E-state index contributed by atoms with van der Waals surface area (Å²) in [6.07, 6.45) is 0. The van der Waals surface area contributed by atoms with Crippen LogP contribution in [0.3, 0.4) is 0 Å². The Kier molecular flexibility index (Phi) is 6.34. The number of hydrogen-bond donors (Lipinski definition) is 1. The molecule has 0 saturated heterocycles. The fraction of sp³-hybridized carbons (Fsp3) is 0.188. The normalized spacial score (nSPS) is 11.5. The van der Waals surface area contributed by atoms with Crippen LogP contribution < -0.4 is 10.1 Å². The molecule has 0 aliphatic carbocycles. The summed E-state index contributed by atoms with van der Waals surface area (Å²) >= 11 is 5.82. The highest BCUT2D eigenvalue weighted by Gasteiger charge is 2.27. The van der Waals surface area contributed by atoms with Crippen LogP contribution in [0.5, 0.6) is 5.75 Å². The lowest BCUT2D eigenvalue weighted by Crippen LogP contribution is -2.35. The quantitative estimate of drug-likeness (QED) is 0.726. The van der Waals surface area contributed by atoms with Gasteiger partial charge in [0.15, 0.2) is 17.5 Å². The van der Waals surface area contributed by atoms with Crippen molar-refractivity contribution in [2.45, 2.75) is 4.90 Å². The van der Waals surface area contributed by atoms with Crippen molar-refractivity contribution in [1.82, 2.24) is 4.31 Å². The minimum atomic E-state index is -4.18. The van der Waals surface area contributed by atoms with Crippen LogP contribution in [0.2, 0.25) is 5.02 Å². The summed E-state index contributed by atoms with van der Waals surface area (Å²) in [5.41, 5.74) is -0.620. The van der Waals surface area contributed by atoms with E-state index in [1.54, 1.807) is 0 Å². The van der Waals surface area contributed by atoms with Gasteiger partial charge in [-0.05, 0) is 30.3 Å². The first-order chi connectivity index (χ1) is 12.6. The molecule has 0 aliphatic rings. The zero-order chi connectivity index (χ0) is 20.4. The Morgan fingerprint density at radius 2 is 1.85 bits per heavy atom. The molecule has 0 bridgehead atoms. The number of sulfonamides is 1. The third-order valence-electron chi connectivity index (χ3n) is 3.49. The highest BCUT2D eigenvalue weighted by molar-refractivity contribution is 7.89. The number of nitrogens with one attached hydrogen (secondary N) is 1. The number of amides is 1. The van der Waals surface area contributed by atoms with Crippen molar-refractivity contribution in [3.8, 4) is 5.75 Å². The van der Waals surface area contributed by atoms with E-state index in [0.717, 1.165) is 19.2 Å². The maximum atomic E-state index is 13.6. The van der Waals surface area contributed by atoms with Crippen LogP contribution in [0.25, 0.3) is 0 Å². The SMILES string of the molecule is COc1ccc(Cl)cc1S(=O)(=O)N(C)CC(=O)Nc1ccc(F)c(F)c1F. The molecule has 0 radical (unpaired) electrons. The van der Waals surface area contributed by atoms with Crippen LogP contribution in [-0.4, -0.2) is 39.3 Å². The molecule has 0 aliphatic heterocycles. The van der Waals surface area contributed by atoms with Crippen LogP contribution in [0.4, 0.5) is 18.9 Å². The van der Waals surface area contributed by atoms with Crippen LogP contribution in [-0.2, 0) is 14.8 Å². The largest absolute Gasteiger partial charge is 0.495 e. The molecular formula is C16H14ClF3N2O4S. The summed E-state index contributed by atoms with van der Waals surface area (Å²) in [5, 5.41) is 2.12. The number of nitrogens with zero attached hydrogens (tertiary/aromatic N) is 1. The molecule has 0 atom stereocenters. The van der Waals surface area contributed by atoms with Crippen molar-refractivity contribution in [1.29, 1.82) is 0 Å². The second-order valence-electron chi connectivity index (χ2n) is 5.33. The predicted molar refractivity (Wildman–Crippen MR) is 92.8 cm³/mol. The Bertz CT molecular complexity index is 986. The molecule has 146 valence electrons. The van der Waals surface area contributed by atoms with E-state index < -0.39 is 45.6 Å². The Labute approximate surface area is 158 Å². The van der Waals surface area contributed by atoms with Gasteiger partial charge in [0.1, 0.15) is 10.6 Å². The number of hydrogen-bond acceptors (Lipinski definition) is 4. The standard InChI is InChI=1S/C16H14ClF3N2O4S/c1-22(27(24,25)13-7-9(17)3-6-12(13)26-2)8-14(23)21-11-5-4-10(18)15(19)16(11)20/h3-7H,8H2,1-2H3,(H,21,23). The molecule has 0 spiro atoms. The molecule has 27 heavy (non-hydrogen) atoms. The molecule has 6 nitrogen and oxygen atoms in total. The average molecular weight is 423 g/mol. The maximum absolute atomic E-state index is 13.6. The highest BCUT2D eigenvalue weighted by atomic mass is 35.5. The van der Waals surface area contributed by atoms with Crippen molar-refractivity contribution < 1.29 is 31.1 Å². The third-order valence-corrected chi connectivity index (χ3v) is 5.55. The van der Waals surface area contributed by atoms with Crippen molar-refractivity contribution in [3.05, 3.63) is 52.8 Å². The molecule has 0 unspecified atom stereocenters. The molecule has 2 rings (SSSR count). The number of carbonyl (C=O) groups excluding carboxylic acids is 1. The van der Waals surface area contributed by atoms with Crippen molar-refractivity contribution in [3.63, 3.8) is 0 Å². The molecule has 11 heteroatoms. The summed E-state index contributed by atoms with van der Waals surface area (Å²) in [5.74, 6) is -5.72. The smallest absolute Gasteiger partial charge is 0.247 e. The van der Waals surface area contributed by atoms with Crippen molar-refractivity contribution >= 4 is 33.2 Å². The first-order valence-corrected chi connectivity index (χ1v) is 9.13. The number of methoxy groups -OCH3 is 1. The predicted octanol–water partition coefficient (Wildman–Crippen LogP) is 3.03. The van der Waals surface area contributed by atoms with Gasteiger partial charge in [0.2, 0.25) is 15.9 Å². The van der Waals surface area contributed by atoms with E-state index in [1.807, 2.05) is 5.32 Å². The average Bonchev–Trinajstić information content (AvgIpc) is 2.62. The summed E-state index contributed by atoms with van der Waals surface area (Å²) in [4.78, 5) is 11.7. The van der Waals surface area contributed by atoms with Crippen molar-refractivity contribution in [2.24, 2.45) is 0 Å². The maximum Gasteiger partial charge on any atom is 0.247 e. The molecular weight excluding hydrogens is 409 g/mol. The molecule has 0 aromatic heterocycles. The van der Waals surface area contributed by atoms with Gasteiger partial charge in [-0.3, -0.25) is 4.79 Å². The topological polar surface area (TPSA) is 75.7 Å². The van der Waals surface area contributed by atoms with Crippen LogP contribution in [0, 0.1) is 17.5 Å². The van der Waals surface area contributed by atoms with E-state index in [0.29, 0.717) is 10.4 Å². The molecule has 1 N–H and O–H groups in total. The van der Waals surface area contributed by atoms with Gasteiger partial charge in [0.05, 0.1) is 19.3 Å². The first-order valence-electron chi connectivity index (χ1n) is 7.31. The van der Waals surface area contributed by atoms with E-state index >= 15 is 0 Å². The Balaban J connectivity index is 2.21. The van der Waals surface area contributed by atoms with Gasteiger partial charge in [0, 0.05) is 12.1 Å². The van der Waals surface area contributed by atoms with Crippen LogP contribution in [0.15, 0.2) is 35.2 Å². The Hall–Kier alpha value is -2.30. The molecule has 0 fully saturated rings. The third kappa shape index (κ3) is 4.52. The minimum Gasteiger partial charge on any atom is -0.495 e. The van der Waals surface area contributed by atoms with E-state index in [2.05, 4.69) is 0 Å². The fourth-order valence-electron chi connectivity index (χ4n) is 2.12. The van der Waals surface area contributed by atoms with E-state index in [1.165, 1.54) is 19.2 Å². The van der Waals surface area contributed by atoms with Crippen molar-refractivity contribution in [2.75, 3.05) is 26.0 Å². The lowest BCUT2D eigenvalue weighted by Gasteiger charge is -2.19.